The summed E-state index contributed by atoms with van der Waals surface area (Å²) in [5.74, 6) is 0.572. The van der Waals surface area contributed by atoms with Crippen molar-refractivity contribution in [3.8, 4) is 22.4 Å². The Morgan fingerprint density at radius 1 is 1.02 bits per heavy atom. The summed E-state index contributed by atoms with van der Waals surface area (Å²) >= 11 is 0. The highest BCUT2D eigenvalue weighted by atomic mass is 16.2. The van der Waals surface area contributed by atoms with Gasteiger partial charge < -0.3 is 10.6 Å². The number of hydrogen-bond acceptors (Lipinski definition) is 9. The Hall–Kier alpha value is -5.00. The number of rotatable bonds is 6. The molecule has 41 heavy (non-hydrogen) atoms. The Labute approximate surface area is 235 Å². The Bertz CT molecular complexity index is 1730. The smallest absolute Gasteiger partial charge is 0.230 e. The number of nitrogens with one attached hydrogen (secondary N) is 1. The first-order chi connectivity index (χ1) is 20.0. The number of aromatic nitrogens is 8. The van der Waals surface area contributed by atoms with Gasteiger partial charge in [-0.1, -0.05) is 36.4 Å². The van der Waals surface area contributed by atoms with Crippen LogP contribution >= 0.6 is 0 Å². The van der Waals surface area contributed by atoms with Gasteiger partial charge in [-0.2, -0.15) is 9.61 Å². The van der Waals surface area contributed by atoms with Crippen LogP contribution in [0.4, 0.5) is 5.82 Å². The van der Waals surface area contributed by atoms with E-state index >= 15 is 0 Å². The fraction of sp³-hybridized carbons (Fsp3) is 0.310. The summed E-state index contributed by atoms with van der Waals surface area (Å²) in [6.07, 6.45) is 6.89. The standard InChI is InChI=1S/C29H28N10O2/c1-16(40)26-27(19-11-20-8-9-21(12-19)38(20)25(41)13-24-34-36-37-35-24)33-29-22(15-32-39(29)28(26)30)18-7-10-23(31-14-18)17-5-3-2-4-6-17/h2-7,10,14-15,19-21H,8-9,11-13,30H2,1H3,(H,34,35,36,37)/t19-,20+,21-. The molecule has 12 nitrogen and oxygen atoms in total. The van der Waals surface area contributed by atoms with Crippen molar-refractivity contribution >= 4 is 23.2 Å². The number of piperidine rings is 1. The molecular formula is C29H28N10O2. The molecule has 0 saturated carbocycles. The van der Waals surface area contributed by atoms with E-state index in [9.17, 15) is 9.59 Å². The molecule has 2 aliphatic rings. The summed E-state index contributed by atoms with van der Waals surface area (Å²) in [6, 6.07) is 14.1. The second kappa shape index (κ2) is 9.88. The third-order valence-electron chi connectivity index (χ3n) is 8.32. The first-order valence-electron chi connectivity index (χ1n) is 13.7. The van der Waals surface area contributed by atoms with Crippen LogP contribution in [0, 0.1) is 0 Å². The number of amides is 1. The van der Waals surface area contributed by atoms with Crippen LogP contribution in [0.1, 0.15) is 60.4 Å². The quantitative estimate of drug-likeness (QED) is 0.304. The lowest BCUT2D eigenvalue weighted by Gasteiger charge is -2.39. The summed E-state index contributed by atoms with van der Waals surface area (Å²) in [6.45, 7) is 1.51. The Kier molecular flexibility index (Phi) is 6.02. The second-order valence-electron chi connectivity index (χ2n) is 10.8. The number of fused-ring (bicyclic) bond motifs is 3. The molecule has 0 radical (unpaired) electrons. The van der Waals surface area contributed by atoms with E-state index in [1.807, 2.05) is 53.6 Å². The molecule has 1 amide bonds. The molecule has 206 valence electrons. The molecule has 2 aliphatic heterocycles. The number of nitrogens with two attached hydrogens (primary N) is 1. The van der Waals surface area contributed by atoms with Gasteiger partial charge in [0.25, 0.3) is 0 Å². The molecular weight excluding hydrogens is 520 g/mol. The molecule has 5 aromatic rings. The van der Waals surface area contributed by atoms with Crippen molar-refractivity contribution in [1.29, 1.82) is 0 Å². The van der Waals surface area contributed by atoms with Crippen molar-refractivity contribution in [3.63, 3.8) is 0 Å². The van der Waals surface area contributed by atoms with E-state index in [0.717, 1.165) is 35.2 Å². The van der Waals surface area contributed by atoms with Crippen molar-refractivity contribution in [2.24, 2.45) is 0 Å². The number of Topliss-reactive ketones (excluding diaryl/α,β-unsaturated/α-hetero) is 1. The van der Waals surface area contributed by atoms with Crippen LogP contribution < -0.4 is 5.73 Å². The highest BCUT2D eigenvalue weighted by Crippen LogP contribution is 2.44. The highest BCUT2D eigenvalue weighted by Gasteiger charge is 2.45. The van der Waals surface area contributed by atoms with Crippen LogP contribution in [0.3, 0.4) is 0 Å². The topological polar surface area (TPSA) is 161 Å². The SMILES string of the molecule is CC(=O)c1c([C@H]2C[C@H]3CC[C@@H](C2)N3C(=O)Cc2nnn[nH]2)nc2c(-c3ccc(-c4ccccc4)nc3)cnn2c1N. The molecule has 6 heterocycles. The minimum atomic E-state index is -0.151. The first-order valence-corrected chi connectivity index (χ1v) is 13.7. The summed E-state index contributed by atoms with van der Waals surface area (Å²) in [7, 11) is 0. The Morgan fingerprint density at radius 2 is 1.80 bits per heavy atom. The van der Waals surface area contributed by atoms with Crippen LogP contribution in [0.2, 0.25) is 0 Å². The molecule has 3 N–H and O–H groups in total. The molecule has 0 spiro atoms. The average Bonchev–Trinajstić information content (AvgIpc) is 3.71. The Morgan fingerprint density at radius 3 is 2.46 bits per heavy atom. The summed E-state index contributed by atoms with van der Waals surface area (Å²) in [4.78, 5) is 37.8. The van der Waals surface area contributed by atoms with Crippen molar-refractivity contribution in [3.05, 3.63) is 71.9 Å². The maximum Gasteiger partial charge on any atom is 0.230 e. The fourth-order valence-corrected chi connectivity index (χ4v) is 6.52. The van der Waals surface area contributed by atoms with Gasteiger partial charge in [0, 0.05) is 40.9 Å². The lowest BCUT2D eigenvalue weighted by molar-refractivity contribution is -0.135. The predicted octanol–water partition coefficient (Wildman–Crippen LogP) is 3.24. The minimum Gasteiger partial charge on any atom is -0.383 e. The molecule has 1 aromatic carbocycles. The van der Waals surface area contributed by atoms with Crippen molar-refractivity contribution in [2.45, 2.75) is 57.0 Å². The van der Waals surface area contributed by atoms with Gasteiger partial charge >= 0.3 is 0 Å². The number of nitrogens with zero attached hydrogens (tertiary/aromatic N) is 8. The maximum atomic E-state index is 13.2. The van der Waals surface area contributed by atoms with Crippen molar-refractivity contribution in [1.82, 2.24) is 45.1 Å². The van der Waals surface area contributed by atoms with Crippen molar-refractivity contribution < 1.29 is 9.59 Å². The minimum absolute atomic E-state index is 0.00809. The average molecular weight is 549 g/mol. The van der Waals surface area contributed by atoms with E-state index < -0.39 is 0 Å². The zero-order chi connectivity index (χ0) is 28.1. The van der Waals surface area contributed by atoms with E-state index in [2.05, 4.69) is 30.7 Å². The molecule has 2 fully saturated rings. The van der Waals surface area contributed by atoms with Gasteiger partial charge in [-0.3, -0.25) is 14.6 Å². The number of nitrogen functional groups attached to an aromatic ring is 1. The zero-order valence-electron chi connectivity index (χ0n) is 22.4. The summed E-state index contributed by atoms with van der Waals surface area (Å²) in [5.41, 5.74) is 11.8. The Balaban J connectivity index is 1.23. The van der Waals surface area contributed by atoms with Crippen LogP contribution in [-0.2, 0) is 11.2 Å². The molecule has 7 rings (SSSR count). The van der Waals surface area contributed by atoms with Gasteiger partial charge in [0.05, 0.1) is 29.6 Å². The maximum absolute atomic E-state index is 13.2. The number of hydrogen-bond donors (Lipinski definition) is 2. The van der Waals surface area contributed by atoms with Crippen molar-refractivity contribution in [2.75, 3.05) is 5.73 Å². The van der Waals surface area contributed by atoms with Gasteiger partial charge in [0.15, 0.2) is 17.3 Å². The largest absolute Gasteiger partial charge is 0.383 e. The van der Waals surface area contributed by atoms with Crippen LogP contribution in [0.15, 0.2) is 54.9 Å². The molecule has 0 unspecified atom stereocenters. The van der Waals surface area contributed by atoms with E-state index in [1.165, 1.54) is 6.92 Å². The number of pyridine rings is 1. The fourth-order valence-electron chi connectivity index (χ4n) is 6.52. The number of benzene rings is 1. The molecule has 2 bridgehead atoms. The number of tetrazole rings is 1. The number of carbonyl (C=O) groups excluding carboxylic acids is 2. The molecule has 2 saturated heterocycles. The van der Waals surface area contributed by atoms with E-state index in [4.69, 9.17) is 10.7 Å². The molecule has 12 heteroatoms. The third-order valence-corrected chi connectivity index (χ3v) is 8.32. The van der Waals surface area contributed by atoms with Gasteiger partial charge in [-0.15, -0.1) is 5.10 Å². The van der Waals surface area contributed by atoms with Crippen LogP contribution in [0.5, 0.6) is 0 Å². The van der Waals surface area contributed by atoms with E-state index in [0.29, 0.717) is 35.6 Å². The number of anilines is 1. The lowest BCUT2D eigenvalue weighted by atomic mass is 9.85. The van der Waals surface area contributed by atoms with Crippen LogP contribution in [-0.4, -0.2) is 68.9 Å². The molecule has 3 atom stereocenters. The number of ketones is 1. The number of aromatic amines is 1. The summed E-state index contributed by atoms with van der Waals surface area (Å²) in [5, 5.41) is 18.2. The van der Waals surface area contributed by atoms with Crippen LogP contribution in [0.25, 0.3) is 28.0 Å². The predicted molar refractivity (Wildman–Crippen MR) is 150 cm³/mol. The number of carbonyl (C=O) groups is 2. The highest BCUT2D eigenvalue weighted by molar-refractivity contribution is 6.00. The van der Waals surface area contributed by atoms with E-state index in [-0.39, 0.29) is 41.9 Å². The van der Waals surface area contributed by atoms with Gasteiger partial charge in [0.1, 0.15) is 5.82 Å². The second-order valence-corrected chi connectivity index (χ2v) is 10.8. The van der Waals surface area contributed by atoms with Gasteiger partial charge in [-0.05, 0) is 49.1 Å². The van der Waals surface area contributed by atoms with E-state index in [1.54, 1.807) is 10.7 Å². The normalized spacial score (nSPS) is 20.0. The zero-order valence-corrected chi connectivity index (χ0v) is 22.4. The third kappa shape index (κ3) is 4.31. The van der Waals surface area contributed by atoms with Gasteiger partial charge in [-0.25, -0.2) is 10.1 Å². The number of H-pyrrole nitrogens is 1. The first kappa shape index (κ1) is 25.0. The monoisotopic (exact) mass is 548 g/mol. The molecule has 0 aliphatic carbocycles. The van der Waals surface area contributed by atoms with Gasteiger partial charge in [0.2, 0.25) is 5.91 Å². The lowest BCUT2D eigenvalue weighted by Crippen LogP contribution is -2.47. The molecule has 4 aromatic heterocycles. The summed E-state index contributed by atoms with van der Waals surface area (Å²) < 4.78 is 1.54.